The van der Waals surface area contributed by atoms with Crippen molar-refractivity contribution in [3.8, 4) is 11.4 Å². The molecule has 6 nitrogen and oxygen atoms in total. The van der Waals surface area contributed by atoms with E-state index in [0.717, 1.165) is 17.7 Å². The van der Waals surface area contributed by atoms with Crippen LogP contribution in [0.3, 0.4) is 0 Å². The first-order chi connectivity index (χ1) is 16.5. The van der Waals surface area contributed by atoms with Crippen molar-refractivity contribution in [2.75, 3.05) is 4.90 Å². The molecule has 170 valence electrons. The molecule has 0 aliphatic carbocycles. The van der Waals surface area contributed by atoms with Crippen LogP contribution in [0.25, 0.3) is 17.0 Å². The van der Waals surface area contributed by atoms with E-state index in [1.807, 2.05) is 61.5 Å². The Morgan fingerprint density at radius 2 is 1.79 bits per heavy atom. The first kappa shape index (κ1) is 21.6. The molecule has 1 aromatic heterocycles. The van der Waals surface area contributed by atoms with Gasteiger partial charge in [-0.3, -0.25) is 4.90 Å². The number of hydrogen-bond donors (Lipinski definition) is 1. The molecular weight excluding hydrogens is 431 g/mol. The van der Waals surface area contributed by atoms with Crippen molar-refractivity contribution in [3.05, 3.63) is 107 Å². The van der Waals surface area contributed by atoms with Crippen LogP contribution in [0.5, 0.6) is 0 Å². The molecule has 3 aromatic carbocycles. The number of hydrogen-bond acceptors (Lipinski definition) is 4. The lowest BCUT2D eigenvalue weighted by molar-refractivity contribution is 0.244. The Labute approximate surface area is 196 Å². The van der Waals surface area contributed by atoms with Crippen LogP contribution >= 0.6 is 0 Å². The van der Waals surface area contributed by atoms with E-state index in [-0.39, 0.29) is 23.6 Å². The molecule has 5 rings (SSSR count). The number of carbonyl (C=O) groups excluding carboxylic acids is 1. The molecule has 1 aliphatic rings. The topological polar surface area (TPSA) is 71.3 Å². The molecule has 0 radical (unpaired) electrons. The highest BCUT2D eigenvalue weighted by atomic mass is 19.1. The van der Waals surface area contributed by atoms with Gasteiger partial charge >= 0.3 is 6.03 Å². The minimum atomic E-state index is -0.487. The summed E-state index contributed by atoms with van der Waals surface area (Å²) in [5.41, 5.74) is 4.69. The maximum absolute atomic E-state index is 13.8. The van der Waals surface area contributed by atoms with Gasteiger partial charge in [-0.25, -0.2) is 9.18 Å². The summed E-state index contributed by atoms with van der Waals surface area (Å²) in [6.07, 6.45) is 0.918. The summed E-state index contributed by atoms with van der Waals surface area (Å²) in [6, 6.07) is 22.8. The molecule has 0 bridgehead atoms. The number of amides is 2. The van der Waals surface area contributed by atoms with E-state index in [0.29, 0.717) is 16.8 Å². The fraction of sp³-hybridized carbons (Fsp3) is 0.148. The van der Waals surface area contributed by atoms with Gasteiger partial charge in [-0.05, 0) is 48.7 Å². The standard InChI is InChI=1S/C27H23FN4O2/c1-3-18-12-14-19(15-13-18)24-23(17(2)32(27(33)29-24)22-10-5-4-6-11-22)26-30-25(31-34-26)20-8-7-9-21(28)16-20/h4-16,24H,3H2,1-2H3,(H,29,33). The van der Waals surface area contributed by atoms with Crippen molar-refractivity contribution in [2.45, 2.75) is 26.3 Å². The van der Waals surface area contributed by atoms with Crippen LogP contribution in [0.4, 0.5) is 14.9 Å². The summed E-state index contributed by atoms with van der Waals surface area (Å²) in [6.45, 7) is 3.96. The maximum Gasteiger partial charge on any atom is 0.326 e. The number of para-hydroxylation sites is 1. The van der Waals surface area contributed by atoms with Gasteiger partial charge in [0, 0.05) is 11.3 Å². The van der Waals surface area contributed by atoms with E-state index < -0.39 is 6.04 Å². The van der Waals surface area contributed by atoms with Crippen molar-refractivity contribution in [2.24, 2.45) is 0 Å². The van der Waals surface area contributed by atoms with Crippen molar-refractivity contribution in [3.63, 3.8) is 0 Å². The third-order valence-corrected chi connectivity index (χ3v) is 5.96. The van der Waals surface area contributed by atoms with Crippen LogP contribution in [-0.2, 0) is 6.42 Å². The van der Waals surface area contributed by atoms with Gasteiger partial charge in [-0.15, -0.1) is 0 Å². The van der Waals surface area contributed by atoms with Gasteiger partial charge in [0.05, 0.1) is 17.3 Å². The maximum atomic E-state index is 13.8. The third kappa shape index (κ3) is 3.96. The second kappa shape index (κ2) is 8.94. The lowest BCUT2D eigenvalue weighted by Gasteiger charge is -2.35. The van der Waals surface area contributed by atoms with E-state index >= 15 is 0 Å². The van der Waals surface area contributed by atoms with Gasteiger partial charge < -0.3 is 9.84 Å². The number of allylic oxidation sites excluding steroid dienone is 1. The van der Waals surface area contributed by atoms with Gasteiger partial charge in [0.1, 0.15) is 5.82 Å². The predicted molar refractivity (Wildman–Crippen MR) is 128 cm³/mol. The summed E-state index contributed by atoms with van der Waals surface area (Å²) in [7, 11) is 0. The molecule has 0 spiro atoms. The van der Waals surface area contributed by atoms with Gasteiger partial charge in [0.2, 0.25) is 5.82 Å². The lowest BCUT2D eigenvalue weighted by atomic mass is 9.93. The summed E-state index contributed by atoms with van der Waals surface area (Å²) < 4.78 is 19.4. The first-order valence-electron chi connectivity index (χ1n) is 11.1. The Balaban J connectivity index is 1.64. The van der Waals surface area contributed by atoms with Crippen molar-refractivity contribution in [1.29, 1.82) is 0 Å². The molecular formula is C27H23FN4O2. The zero-order chi connectivity index (χ0) is 23.7. The number of nitrogens with one attached hydrogen (secondary N) is 1. The lowest BCUT2D eigenvalue weighted by Crippen LogP contribution is -2.46. The fourth-order valence-electron chi connectivity index (χ4n) is 4.18. The van der Waals surface area contributed by atoms with Crippen LogP contribution in [-0.4, -0.2) is 16.2 Å². The molecule has 0 fully saturated rings. The Bertz CT molecular complexity index is 1360. The number of halogens is 1. The second-order valence-corrected chi connectivity index (χ2v) is 8.08. The zero-order valence-electron chi connectivity index (χ0n) is 18.8. The highest BCUT2D eigenvalue weighted by Crippen LogP contribution is 2.39. The number of benzene rings is 3. The highest BCUT2D eigenvalue weighted by molar-refractivity contribution is 6.01. The van der Waals surface area contributed by atoms with Crippen molar-refractivity contribution >= 4 is 17.3 Å². The molecule has 0 saturated heterocycles. The van der Waals surface area contributed by atoms with Gasteiger partial charge in [0.15, 0.2) is 0 Å². The van der Waals surface area contributed by atoms with Crippen molar-refractivity contribution in [1.82, 2.24) is 15.5 Å². The normalized spacial score (nSPS) is 16.0. The smallest absolute Gasteiger partial charge is 0.326 e. The highest BCUT2D eigenvalue weighted by Gasteiger charge is 2.36. The minimum Gasteiger partial charge on any atom is -0.334 e. The molecule has 0 saturated carbocycles. The fourth-order valence-corrected chi connectivity index (χ4v) is 4.18. The number of carbonyl (C=O) groups is 1. The summed E-state index contributed by atoms with van der Waals surface area (Å²) in [5.74, 6) is 0.161. The van der Waals surface area contributed by atoms with E-state index in [9.17, 15) is 9.18 Å². The monoisotopic (exact) mass is 454 g/mol. The average Bonchev–Trinajstić information content (AvgIpc) is 3.34. The van der Waals surface area contributed by atoms with Crippen molar-refractivity contribution < 1.29 is 13.7 Å². The van der Waals surface area contributed by atoms with Gasteiger partial charge in [-0.2, -0.15) is 4.98 Å². The van der Waals surface area contributed by atoms with E-state index in [1.54, 1.807) is 17.0 Å². The number of nitrogens with zero attached hydrogens (tertiary/aromatic N) is 3. The van der Waals surface area contributed by atoms with Gasteiger partial charge in [0.25, 0.3) is 5.89 Å². The van der Waals surface area contributed by atoms with Crippen LogP contribution in [0, 0.1) is 5.82 Å². The molecule has 4 aromatic rings. The van der Waals surface area contributed by atoms with Crippen LogP contribution < -0.4 is 10.2 Å². The average molecular weight is 455 g/mol. The molecule has 1 atom stereocenters. The Morgan fingerprint density at radius 3 is 2.50 bits per heavy atom. The quantitative estimate of drug-likeness (QED) is 0.393. The van der Waals surface area contributed by atoms with Gasteiger partial charge in [-0.1, -0.05) is 66.7 Å². The molecule has 34 heavy (non-hydrogen) atoms. The largest absolute Gasteiger partial charge is 0.334 e. The SMILES string of the molecule is CCc1ccc(C2NC(=O)N(c3ccccc3)C(C)=C2c2nc(-c3cccc(F)c3)no2)cc1. The van der Waals surface area contributed by atoms with E-state index in [4.69, 9.17) is 4.52 Å². The second-order valence-electron chi connectivity index (χ2n) is 8.08. The van der Waals surface area contributed by atoms with Crippen LogP contribution in [0.2, 0.25) is 0 Å². The summed E-state index contributed by atoms with van der Waals surface area (Å²) in [4.78, 5) is 19.4. The van der Waals surface area contributed by atoms with Crippen LogP contribution in [0.15, 0.2) is 89.1 Å². The van der Waals surface area contributed by atoms with E-state index in [1.165, 1.54) is 17.7 Å². The Morgan fingerprint density at radius 1 is 1.03 bits per heavy atom. The van der Waals surface area contributed by atoms with Crippen LogP contribution in [0.1, 0.15) is 36.9 Å². The number of anilines is 1. The number of rotatable bonds is 5. The molecule has 1 aliphatic heterocycles. The Hall–Kier alpha value is -4.26. The molecule has 2 heterocycles. The summed E-state index contributed by atoms with van der Waals surface area (Å²) >= 11 is 0. The van der Waals surface area contributed by atoms with E-state index in [2.05, 4.69) is 22.4 Å². The zero-order valence-corrected chi connectivity index (χ0v) is 18.8. The molecule has 1 N–H and O–H groups in total. The number of aryl methyl sites for hydroxylation is 1. The summed E-state index contributed by atoms with van der Waals surface area (Å²) in [5, 5.41) is 7.19. The minimum absolute atomic E-state index is 0.248. The number of urea groups is 1. The molecule has 7 heteroatoms. The molecule has 2 amide bonds. The third-order valence-electron chi connectivity index (χ3n) is 5.96. The first-order valence-corrected chi connectivity index (χ1v) is 11.1. The Kier molecular flexibility index (Phi) is 5.67. The predicted octanol–water partition coefficient (Wildman–Crippen LogP) is 6.14. The molecule has 1 unspecified atom stereocenters. The number of aromatic nitrogens is 2.